The number of carbonyl (C=O) groups is 2. The maximum atomic E-state index is 12.9. The van der Waals surface area contributed by atoms with Gasteiger partial charge in [0.2, 0.25) is 5.91 Å². The summed E-state index contributed by atoms with van der Waals surface area (Å²) in [7, 11) is 1.63. The number of amides is 1. The largest absolute Gasteiger partial charge is 0.496 e. The van der Waals surface area contributed by atoms with Gasteiger partial charge in [-0.3, -0.25) is 9.59 Å². The second kappa shape index (κ2) is 10.4. The van der Waals surface area contributed by atoms with Gasteiger partial charge in [-0.1, -0.05) is 55.5 Å². The lowest BCUT2D eigenvalue weighted by Crippen LogP contribution is -2.32. The van der Waals surface area contributed by atoms with Crippen LogP contribution in [0.25, 0.3) is 0 Å². The highest BCUT2D eigenvalue weighted by Gasteiger charge is 2.20. The highest BCUT2D eigenvalue weighted by molar-refractivity contribution is 5.77. The molecule has 144 valence electrons. The van der Waals surface area contributed by atoms with Gasteiger partial charge in [0.25, 0.3) is 0 Å². The minimum atomic E-state index is -0.843. The lowest BCUT2D eigenvalue weighted by Gasteiger charge is -2.25. The summed E-state index contributed by atoms with van der Waals surface area (Å²) in [5.74, 6) is -0.0446. The van der Waals surface area contributed by atoms with Crippen molar-refractivity contribution >= 4 is 11.9 Å². The molecule has 1 unspecified atom stereocenters. The van der Waals surface area contributed by atoms with E-state index < -0.39 is 5.97 Å². The molecule has 0 bridgehead atoms. The number of hydrogen-bond acceptors (Lipinski definition) is 3. The summed E-state index contributed by atoms with van der Waals surface area (Å²) >= 11 is 0. The van der Waals surface area contributed by atoms with Crippen LogP contribution in [0.3, 0.4) is 0 Å². The fourth-order valence-electron chi connectivity index (χ4n) is 3.09. The minimum Gasteiger partial charge on any atom is -0.496 e. The van der Waals surface area contributed by atoms with E-state index in [1.54, 1.807) is 12.0 Å². The summed E-state index contributed by atoms with van der Waals surface area (Å²) in [4.78, 5) is 25.5. The van der Waals surface area contributed by atoms with E-state index in [4.69, 9.17) is 9.84 Å². The van der Waals surface area contributed by atoms with Gasteiger partial charge in [-0.2, -0.15) is 0 Å². The Kier molecular flexibility index (Phi) is 7.86. The molecule has 1 N–H and O–H groups in total. The van der Waals surface area contributed by atoms with Crippen molar-refractivity contribution in [1.29, 1.82) is 0 Å². The zero-order chi connectivity index (χ0) is 19.6. The number of methoxy groups -OCH3 is 1. The van der Waals surface area contributed by atoms with Crippen molar-refractivity contribution in [3.63, 3.8) is 0 Å². The Morgan fingerprint density at radius 1 is 1.07 bits per heavy atom. The molecule has 1 amide bonds. The van der Waals surface area contributed by atoms with E-state index in [0.717, 1.165) is 16.9 Å². The molecule has 0 fully saturated rings. The number of aliphatic carboxylic acids is 1. The molecule has 0 spiro atoms. The van der Waals surface area contributed by atoms with Gasteiger partial charge in [-0.05, 0) is 29.5 Å². The van der Waals surface area contributed by atoms with Crippen molar-refractivity contribution in [2.75, 3.05) is 13.7 Å². The van der Waals surface area contributed by atoms with Gasteiger partial charge >= 0.3 is 5.97 Å². The van der Waals surface area contributed by atoms with Crippen LogP contribution < -0.4 is 4.74 Å². The summed E-state index contributed by atoms with van der Waals surface area (Å²) in [5.41, 5.74) is 2.03. The molecule has 0 radical (unpaired) electrons. The van der Waals surface area contributed by atoms with Gasteiger partial charge in [0.1, 0.15) is 5.75 Å². The lowest BCUT2D eigenvalue weighted by atomic mass is 9.96. The average Bonchev–Trinajstić information content (AvgIpc) is 2.67. The number of para-hydroxylation sites is 1. The predicted octanol–water partition coefficient (Wildman–Crippen LogP) is 4.08. The first kappa shape index (κ1) is 20.5. The van der Waals surface area contributed by atoms with E-state index in [1.807, 2.05) is 61.5 Å². The first-order valence-corrected chi connectivity index (χ1v) is 9.17. The molecule has 5 heteroatoms. The second-order valence-corrected chi connectivity index (χ2v) is 6.65. The van der Waals surface area contributed by atoms with Crippen LogP contribution in [-0.4, -0.2) is 35.5 Å². The Morgan fingerprint density at radius 2 is 1.74 bits per heavy atom. The van der Waals surface area contributed by atoms with Gasteiger partial charge < -0.3 is 14.7 Å². The van der Waals surface area contributed by atoms with Crippen molar-refractivity contribution in [1.82, 2.24) is 4.90 Å². The molecule has 0 aliphatic carbocycles. The standard InChI is InChI=1S/C22H27NO4/c1-17(19-11-6-7-12-20(19)27-2)15-21(24)23(14-8-13-22(25)26)16-18-9-4-3-5-10-18/h3-7,9-12,17H,8,13-16H2,1-2H3,(H,25,26). The number of carboxylic acids is 1. The number of rotatable bonds is 10. The van der Waals surface area contributed by atoms with E-state index in [2.05, 4.69) is 0 Å². The molecule has 2 aromatic rings. The van der Waals surface area contributed by atoms with E-state index in [0.29, 0.717) is 25.9 Å². The quantitative estimate of drug-likeness (QED) is 0.685. The third-order valence-electron chi connectivity index (χ3n) is 4.54. The molecule has 1 atom stereocenters. The summed E-state index contributed by atoms with van der Waals surface area (Å²) < 4.78 is 5.41. The maximum absolute atomic E-state index is 12.9. The number of nitrogens with zero attached hydrogens (tertiary/aromatic N) is 1. The Balaban J connectivity index is 2.08. The zero-order valence-corrected chi connectivity index (χ0v) is 15.9. The fraction of sp³-hybridized carbons (Fsp3) is 0.364. The molecule has 0 aromatic heterocycles. The predicted molar refractivity (Wildman–Crippen MR) is 105 cm³/mol. The first-order chi connectivity index (χ1) is 13.0. The molecule has 2 rings (SSSR count). The maximum Gasteiger partial charge on any atom is 0.303 e. The van der Waals surface area contributed by atoms with Crippen molar-refractivity contribution in [2.45, 2.75) is 38.6 Å². The monoisotopic (exact) mass is 369 g/mol. The molecule has 0 saturated carbocycles. The topological polar surface area (TPSA) is 66.8 Å². The number of carboxylic acid groups (broad SMARTS) is 1. The highest BCUT2D eigenvalue weighted by atomic mass is 16.5. The molecular weight excluding hydrogens is 342 g/mol. The molecule has 0 saturated heterocycles. The van der Waals surface area contributed by atoms with Crippen molar-refractivity contribution in [3.05, 3.63) is 65.7 Å². The molecular formula is C22H27NO4. The summed E-state index contributed by atoms with van der Waals surface area (Å²) in [6.07, 6.45) is 0.845. The van der Waals surface area contributed by atoms with Crippen molar-refractivity contribution < 1.29 is 19.4 Å². The number of hydrogen-bond donors (Lipinski definition) is 1. The van der Waals surface area contributed by atoms with Crippen LogP contribution in [0.5, 0.6) is 5.75 Å². The zero-order valence-electron chi connectivity index (χ0n) is 15.9. The number of ether oxygens (including phenoxy) is 1. The molecule has 0 heterocycles. The minimum absolute atomic E-state index is 0.00592. The molecule has 0 aliphatic heterocycles. The van der Waals surface area contributed by atoms with Gasteiger partial charge in [-0.15, -0.1) is 0 Å². The average molecular weight is 369 g/mol. The Bertz CT molecular complexity index is 745. The van der Waals surface area contributed by atoms with Crippen LogP contribution in [0.2, 0.25) is 0 Å². The third-order valence-corrected chi connectivity index (χ3v) is 4.54. The van der Waals surface area contributed by atoms with Crippen molar-refractivity contribution in [2.24, 2.45) is 0 Å². The fourth-order valence-corrected chi connectivity index (χ4v) is 3.09. The highest BCUT2D eigenvalue weighted by Crippen LogP contribution is 2.29. The Hall–Kier alpha value is -2.82. The van der Waals surface area contributed by atoms with Crippen LogP contribution in [0, 0.1) is 0 Å². The van der Waals surface area contributed by atoms with Crippen molar-refractivity contribution in [3.8, 4) is 5.75 Å². The van der Waals surface area contributed by atoms with E-state index >= 15 is 0 Å². The normalized spacial score (nSPS) is 11.6. The molecule has 0 aliphatic rings. The van der Waals surface area contributed by atoms with Gasteiger partial charge in [0, 0.05) is 25.9 Å². The van der Waals surface area contributed by atoms with Crippen LogP contribution in [0.1, 0.15) is 43.2 Å². The van der Waals surface area contributed by atoms with Crippen LogP contribution in [0.4, 0.5) is 0 Å². The van der Waals surface area contributed by atoms with E-state index in [9.17, 15) is 9.59 Å². The third kappa shape index (κ3) is 6.44. The van der Waals surface area contributed by atoms with E-state index in [-0.39, 0.29) is 18.2 Å². The second-order valence-electron chi connectivity index (χ2n) is 6.65. The summed E-state index contributed by atoms with van der Waals surface area (Å²) in [5, 5.41) is 8.89. The molecule has 2 aromatic carbocycles. The van der Waals surface area contributed by atoms with Gasteiger partial charge in [0.15, 0.2) is 0 Å². The smallest absolute Gasteiger partial charge is 0.303 e. The summed E-state index contributed by atoms with van der Waals surface area (Å²) in [6.45, 7) is 2.92. The first-order valence-electron chi connectivity index (χ1n) is 9.17. The lowest BCUT2D eigenvalue weighted by molar-refractivity contribution is -0.138. The SMILES string of the molecule is COc1ccccc1C(C)CC(=O)N(CCCC(=O)O)Cc1ccccc1. The molecule has 5 nitrogen and oxygen atoms in total. The Morgan fingerprint density at radius 3 is 2.41 bits per heavy atom. The van der Waals surface area contributed by atoms with Crippen LogP contribution in [0.15, 0.2) is 54.6 Å². The van der Waals surface area contributed by atoms with Crippen LogP contribution >= 0.6 is 0 Å². The van der Waals surface area contributed by atoms with Gasteiger partial charge in [-0.25, -0.2) is 0 Å². The Labute approximate surface area is 160 Å². The molecule has 27 heavy (non-hydrogen) atoms. The summed E-state index contributed by atoms with van der Waals surface area (Å²) in [6, 6.07) is 17.5. The van der Waals surface area contributed by atoms with E-state index in [1.165, 1.54) is 0 Å². The number of benzene rings is 2. The number of carbonyl (C=O) groups excluding carboxylic acids is 1. The van der Waals surface area contributed by atoms with Crippen LogP contribution in [-0.2, 0) is 16.1 Å². The van der Waals surface area contributed by atoms with Gasteiger partial charge in [0.05, 0.1) is 7.11 Å².